The Morgan fingerprint density at radius 3 is 2.37 bits per heavy atom. The first kappa shape index (κ1) is 24.5. The minimum atomic E-state index is -0.246. The van der Waals surface area contributed by atoms with Crippen molar-refractivity contribution in [1.29, 1.82) is 0 Å². The fraction of sp³-hybridized carbons (Fsp3) is 0.154. The van der Waals surface area contributed by atoms with E-state index >= 15 is 0 Å². The van der Waals surface area contributed by atoms with E-state index in [1.807, 2.05) is 79.1 Å². The molecule has 0 aliphatic heterocycles. The third-order valence-corrected chi connectivity index (χ3v) is 6.40. The number of hydrogen-bond acceptors (Lipinski definition) is 6. The van der Waals surface area contributed by atoms with Crippen LogP contribution in [-0.2, 0) is 4.79 Å². The molecule has 35 heavy (non-hydrogen) atoms. The predicted octanol–water partition coefficient (Wildman–Crippen LogP) is 5.54. The molecule has 0 spiro atoms. The summed E-state index contributed by atoms with van der Waals surface area (Å²) in [6.45, 7) is 3.86. The lowest BCUT2D eigenvalue weighted by molar-refractivity contribution is -0.118. The van der Waals surface area contributed by atoms with Crippen LogP contribution in [0.25, 0.3) is 17.1 Å². The van der Waals surface area contributed by atoms with E-state index in [9.17, 15) is 4.79 Å². The Morgan fingerprint density at radius 2 is 1.71 bits per heavy atom. The van der Waals surface area contributed by atoms with Crippen LogP contribution in [0.1, 0.15) is 18.1 Å². The molecule has 0 saturated heterocycles. The smallest absolute Gasteiger partial charge is 0.250 e. The average Bonchev–Trinajstić information content (AvgIpc) is 3.31. The second kappa shape index (κ2) is 11.2. The van der Waals surface area contributed by atoms with Crippen LogP contribution in [0.2, 0.25) is 5.02 Å². The van der Waals surface area contributed by atoms with Crippen molar-refractivity contribution in [1.82, 2.24) is 20.2 Å². The summed E-state index contributed by atoms with van der Waals surface area (Å²) in [5, 5.41) is 14.2. The van der Waals surface area contributed by atoms with Crippen molar-refractivity contribution < 1.29 is 9.53 Å². The van der Waals surface area contributed by atoms with E-state index in [1.165, 1.54) is 11.8 Å². The molecule has 0 bridgehead atoms. The van der Waals surface area contributed by atoms with Gasteiger partial charge in [-0.3, -0.25) is 9.36 Å². The number of nitrogens with zero attached hydrogens (tertiary/aromatic N) is 4. The first-order chi connectivity index (χ1) is 16.9. The zero-order chi connectivity index (χ0) is 24.8. The van der Waals surface area contributed by atoms with Crippen LogP contribution in [0.5, 0.6) is 5.75 Å². The zero-order valence-corrected chi connectivity index (χ0v) is 21.1. The van der Waals surface area contributed by atoms with Crippen molar-refractivity contribution in [3.05, 3.63) is 88.9 Å². The molecule has 4 aromatic rings. The molecular formula is C26H24ClN5O2S. The van der Waals surface area contributed by atoms with E-state index in [4.69, 9.17) is 16.3 Å². The molecule has 9 heteroatoms. The van der Waals surface area contributed by atoms with Gasteiger partial charge in [0, 0.05) is 16.3 Å². The van der Waals surface area contributed by atoms with Crippen LogP contribution in [0, 0.1) is 6.92 Å². The first-order valence-corrected chi connectivity index (χ1v) is 12.2. The number of aromatic nitrogens is 3. The van der Waals surface area contributed by atoms with Gasteiger partial charge in [-0.15, -0.1) is 10.2 Å². The summed E-state index contributed by atoms with van der Waals surface area (Å²) >= 11 is 7.22. The summed E-state index contributed by atoms with van der Waals surface area (Å²) in [4.78, 5) is 12.5. The highest BCUT2D eigenvalue weighted by Crippen LogP contribution is 2.29. The molecule has 0 unspecified atom stereocenters. The summed E-state index contributed by atoms with van der Waals surface area (Å²) in [6.07, 6.45) is 0. The highest BCUT2D eigenvalue weighted by molar-refractivity contribution is 7.99. The van der Waals surface area contributed by atoms with Gasteiger partial charge in [0.05, 0.1) is 18.6 Å². The fourth-order valence-corrected chi connectivity index (χ4v) is 4.15. The van der Waals surface area contributed by atoms with Gasteiger partial charge in [-0.1, -0.05) is 65.3 Å². The number of rotatable bonds is 8. The predicted molar refractivity (Wildman–Crippen MR) is 141 cm³/mol. The maximum Gasteiger partial charge on any atom is 0.250 e. The van der Waals surface area contributed by atoms with Crippen LogP contribution < -0.4 is 10.2 Å². The number of nitrogens with one attached hydrogen (secondary N) is 1. The Labute approximate surface area is 213 Å². The summed E-state index contributed by atoms with van der Waals surface area (Å²) in [6, 6.07) is 23.0. The van der Waals surface area contributed by atoms with Crippen molar-refractivity contribution in [2.24, 2.45) is 5.10 Å². The Hall–Kier alpha value is -3.62. The molecule has 0 atom stereocenters. The van der Waals surface area contributed by atoms with Gasteiger partial charge in [-0.05, 0) is 55.8 Å². The number of hydrazone groups is 1. The lowest BCUT2D eigenvalue weighted by Gasteiger charge is -2.11. The SMILES string of the molecule is COc1ccc(-n2c(SCC(=O)N/N=C(\C)c3ccc(Cl)cc3)nnc2-c2ccc(C)cc2)cc1. The topological polar surface area (TPSA) is 81.4 Å². The van der Waals surface area contributed by atoms with E-state index in [1.54, 1.807) is 19.2 Å². The molecule has 7 nitrogen and oxygen atoms in total. The molecule has 0 radical (unpaired) electrons. The van der Waals surface area contributed by atoms with Crippen LogP contribution in [-0.4, -0.2) is 39.2 Å². The number of carbonyl (C=O) groups is 1. The number of halogens is 1. The monoisotopic (exact) mass is 505 g/mol. The highest BCUT2D eigenvalue weighted by Gasteiger charge is 2.17. The summed E-state index contributed by atoms with van der Waals surface area (Å²) in [5.74, 6) is 1.32. The summed E-state index contributed by atoms with van der Waals surface area (Å²) in [7, 11) is 1.63. The normalized spacial score (nSPS) is 11.4. The number of thioether (sulfide) groups is 1. The number of ether oxygens (including phenoxy) is 1. The van der Waals surface area contributed by atoms with Crippen molar-refractivity contribution in [2.45, 2.75) is 19.0 Å². The van der Waals surface area contributed by atoms with E-state index < -0.39 is 0 Å². The quantitative estimate of drug-likeness (QED) is 0.193. The maximum atomic E-state index is 12.5. The lowest BCUT2D eigenvalue weighted by Crippen LogP contribution is -2.21. The minimum Gasteiger partial charge on any atom is -0.497 e. The van der Waals surface area contributed by atoms with Crippen molar-refractivity contribution in [3.63, 3.8) is 0 Å². The van der Waals surface area contributed by atoms with Gasteiger partial charge in [0.15, 0.2) is 11.0 Å². The lowest BCUT2D eigenvalue weighted by atomic mass is 10.1. The van der Waals surface area contributed by atoms with Gasteiger partial charge in [0.2, 0.25) is 0 Å². The Morgan fingerprint density at radius 1 is 1.03 bits per heavy atom. The Balaban J connectivity index is 1.53. The van der Waals surface area contributed by atoms with Crippen LogP contribution >= 0.6 is 23.4 Å². The number of aryl methyl sites for hydroxylation is 1. The molecule has 0 aliphatic rings. The summed E-state index contributed by atoms with van der Waals surface area (Å²) in [5.41, 5.74) is 7.12. The second-order valence-electron chi connectivity index (χ2n) is 7.73. The van der Waals surface area contributed by atoms with Crippen LogP contribution in [0.3, 0.4) is 0 Å². The maximum absolute atomic E-state index is 12.5. The molecule has 178 valence electrons. The Kier molecular flexibility index (Phi) is 7.84. The minimum absolute atomic E-state index is 0.125. The van der Waals surface area contributed by atoms with Gasteiger partial charge in [-0.2, -0.15) is 5.10 Å². The van der Waals surface area contributed by atoms with Gasteiger partial charge < -0.3 is 4.74 Å². The van der Waals surface area contributed by atoms with E-state index in [-0.39, 0.29) is 11.7 Å². The molecule has 0 aliphatic carbocycles. The number of amides is 1. The number of carbonyl (C=O) groups excluding carboxylic acids is 1. The molecular weight excluding hydrogens is 482 g/mol. The summed E-state index contributed by atoms with van der Waals surface area (Å²) < 4.78 is 7.22. The largest absolute Gasteiger partial charge is 0.497 e. The molecule has 3 aromatic carbocycles. The van der Waals surface area contributed by atoms with E-state index in [2.05, 4.69) is 20.7 Å². The van der Waals surface area contributed by atoms with Gasteiger partial charge in [0.25, 0.3) is 5.91 Å². The Bertz CT molecular complexity index is 1330. The van der Waals surface area contributed by atoms with E-state index in [0.29, 0.717) is 21.7 Å². The second-order valence-corrected chi connectivity index (χ2v) is 9.11. The molecule has 4 rings (SSSR count). The van der Waals surface area contributed by atoms with Crippen molar-refractivity contribution >= 4 is 35.0 Å². The number of hydrogen-bond donors (Lipinski definition) is 1. The first-order valence-electron chi connectivity index (χ1n) is 10.8. The molecule has 0 saturated carbocycles. The van der Waals surface area contributed by atoms with Gasteiger partial charge in [0.1, 0.15) is 5.75 Å². The standard InChI is InChI=1S/C26H24ClN5O2S/c1-17-4-6-20(7-5-17)25-30-31-26(32(25)22-12-14-23(34-3)15-13-22)35-16-24(33)29-28-18(2)19-8-10-21(27)11-9-19/h4-15H,16H2,1-3H3,(H,29,33)/b28-18+. The van der Waals surface area contributed by atoms with Crippen LogP contribution in [0.4, 0.5) is 0 Å². The van der Waals surface area contributed by atoms with Crippen molar-refractivity contribution in [2.75, 3.05) is 12.9 Å². The highest BCUT2D eigenvalue weighted by atomic mass is 35.5. The van der Waals surface area contributed by atoms with Crippen LogP contribution in [0.15, 0.2) is 83.1 Å². The molecule has 1 N–H and O–H groups in total. The average molecular weight is 506 g/mol. The molecule has 1 heterocycles. The third kappa shape index (κ3) is 6.09. The molecule has 1 amide bonds. The molecule has 0 fully saturated rings. The van der Waals surface area contributed by atoms with Crippen molar-refractivity contribution in [3.8, 4) is 22.8 Å². The fourth-order valence-electron chi connectivity index (χ4n) is 3.28. The third-order valence-electron chi connectivity index (χ3n) is 5.22. The number of benzene rings is 3. The van der Waals surface area contributed by atoms with Gasteiger partial charge in [-0.25, -0.2) is 5.43 Å². The van der Waals surface area contributed by atoms with E-state index in [0.717, 1.165) is 28.1 Å². The zero-order valence-electron chi connectivity index (χ0n) is 19.5. The van der Waals surface area contributed by atoms with Gasteiger partial charge >= 0.3 is 0 Å². The number of methoxy groups -OCH3 is 1. The molecule has 1 aromatic heterocycles.